The smallest absolute Gasteiger partial charge is 0.335 e. The van der Waals surface area contributed by atoms with Crippen molar-refractivity contribution in [3.05, 3.63) is 52.6 Å². The average molecular weight is 270 g/mol. The van der Waals surface area contributed by atoms with Crippen molar-refractivity contribution in [2.24, 2.45) is 0 Å². The molecule has 0 spiro atoms. The van der Waals surface area contributed by atoms with Crippen LogP contribution in [0.4, 0.5) is 0 Å². The van der Waals surface area contributed by atoms with E-state index in [4.69, 9.17) is 4.74 Å². The molecule has 0 unspecified atom stereocenters. The maximum atomic E-state index is 11.3. The van der Waals surface area contributed by atoms with Crippen LogP contribution in [0, 0.1) is 20.8 Å². The predicted octanol–water partition coefficient (Wildman–Crippen LogP) is 3.99. The lowest BCUT2D eigenvalue weighted by molar-refractivity contribution is 0.0696. The summed E-state index contributed by atoms with van der Waals surface area (Å²) in [6.07, 6.45) is 0. The van der Waals surface area contributed by atoms with Crippen LogP contribution in [0.2, 0.25) is 0 Å². The van der Waals surface area contributed by atoms with Crippen LogP contribution in [0.25, 0.3) is 11.1 Å². The van der Waals surface area contributed by atoms with Crippen LogP contribution in [0.1, 0.15) is 27.0 Å². The fourth-order valence-electron chi connectivity index (χ4n) is 2.44. The van der Waals surface area contributed by atoms with Crippen LogP contribution in [0.5, 0.6) is 5.75 Å². The van der Waals surface area contributed by atoms with E-state index in [1.54, 1.807) is 13.2 Å². The molecule has 0 radical (unpaired) electrons. The first-order valence-corrected chi connectivity index (χ1v) is 6.43. The van der Waals surface area contributed by atoms with E-state index in [2.05, 4.69) is 0 Å². The van der Waals surface area contributed by atoms with Gasteiger partial charge in [0.1, 0.15) is 5.75 Å². The van der Waals surface area contributed by atoms with Gasteiger partial charge in [-0.15, -0.1) is 0 Å². The van der Waals surface area contributed by atoms with Gasteiger partial charge in [-0.3, -0.25) is 0 Å². The molecule has 2 aromatic carbocycles. The highest BCUT2D eigenvalue weighted by Gasteiger charge is 2.12. The van der Waals surface area contributed by atoms with Crippen LogP contribution < -0.4 is 4.74 Å². The Bertz CT molecular complexity index is 672. The van der Waals surface area contributed by atoms with Crippen LogP contribution in [-0.4, -0.2) is 18.2 Å². The number of aryl methyl sites for hydroxylation is 3. The van der Waals surface area contributed by atoms with Crippen LogP contribution in [-0.2, 0) is 0 Å². The number of hydrogen-bond donors (Lipinski definition) is 1. The number of benzene rings is 2. The van der Waals surface area contributed by atoms with Gasteiger partial charge in [0.05, 0.1) is 12.7 Å². The Morgan fingerprint density at radius 3 is 2.25 bits per heavy atom. The van der Waals surface area contributed by atoms with Gasteiger partial charge in [-0.25, -0.2) is 4.79 Å². The minimum atomic E-state index is -0.894. The lowest BCUT2D eigenvalue weighted by Crippen LogP contribution is -2.01. The van der Waals surface area contributed by atoms with Crippen molar-refractivity contribution in [3.63, 3.8) is 0 Å². The van der Waals surface area contributed by atoms with Crippen molar-refractivity contribution in [2.75, 3.05) is 7.11 Å². The van der Waals surface area contributed by atoms with Gasteiger partial charge in [-0.2, -0.15) is 0 Å². The fraction of sp³-hybridized carbons (Fsp3) is 0.235. The molecule has 0 saturated heterocycles. The number of carboxylic acids is 1. The maximum Gasteiger partial charge on any atom is 0.335 e. The molecule has 1 N–H and O–H groups in total. The zero-order valence-corrected chi connectivity index (χ0v) is 12.2. The van der Waals surface area contributed by atoms with Crippen molar-refractivity contribution < 1.29 is 14.6 Å². The lowest BCUT2D eigenvalue weighted by atomic mass is 9.94. The van der Waals surface area contributed by atoms with Gasteiger partial charge in [0.2, 0.25) is 0 Å². The summed E-state index contributed by atoms with van der Waals surface area (Å²) in [6.45, 7) is 5.79. The summed E-state index contributed by atoms with van der Waals surface area (Å²) in [5.74, 6) is -0.0639. The Balaban J connectivity index is 2.60. The quantitative estimate of drug-likeness (QED) is 0.917. The van der Waals surface area contributed by atoms with Gasteiger partial charge in [0.15, 0.2) is 0 Å². The number of aromatic carboxylic acids is 1. The van der Waals surface area contributed by atoms with Gasteiger partial charge >= 0.3 is 5.97 Å². The molecule has 0 saturated carbocycles. The molecule has 0 bridgehead atoms. The van der Waals surface area contributed by atoms with E-state index in [1.807, 2.05) is 45.0 Å². The third-order valence-corrected chi connectivity index (χ3v) is 3.51. The number of methoxy groups -OCH3 is 1. The SMILES string of the molecule is COc1ccc(-c2cc(C(=O)O)c(C)cc2C)cc1C. The highest BCUT2D eigenvalue weighted by molar-refractivity contribution is 5.91. The molecule has 0 aliphatic heterocycles. The highest BCUT2D eigenvalue weighted by atomic mass is 16.5. The van der Waals surface area contributed by atoms with Gasteiger partial charge in [-0.1, -0.05) is 12.1 Å². The van der Waals surface area contributed by atoms with Crippen molar-refractivity contribution in [3.8, 4) is 16.9 Å². The standard InChI is InChI=1S/C17H18O3/c1-10-7-11(2)15(17(18)19)9-14(10)13-5-6-16(20-4)12(3)8-13/h5-9H,1-4H3,(H,18,19). The first-order chi connectivity index (χ1) is 9.43. The number of hydrogen-bond acceptors (Lipinski definition) is 2. The van der Waals surface area contributed by atoms with Crippen molar-refractivity contribution in [1.29, 1.82) is 0 Å². The van der Waals surface area contributed by atoms with E-state index in [0.29, 0.717) is 5.56 Å². The molecule has 2 aromatic rings. The molecule has 0 aliphatic carbocycles. The molecule has 20 heavy (non-hydrogen) atoms. The summed E-state index contributed by atoms with van der Waals surface area (Å²) in [5.41, 5.74) is 5.17. The average Bonchev–Trinajstić information content (AvgIpc) is 2.38. The number of ether oxygens (including phenoxy) is 1. The van der Waals surface area contributed by atoms with E-state index in [0.717, 1.165) is 33.6 Å². The largest absolute Gasteiger partial charge is 0.496 e. The molecular weight excluding hydrogens is 252 g/mol. The number of rotatable bonds is 3. The Hall–Kier alpha value is -2.29. The Labute approximate surface area is 118 Å². The maximum absolute atomic E-state index is 11.3. The van der Waals surface area contributed by atoms with Gasteiger partial charge in [-0.05, 0) is 66.8 Å². The summed E-state index contributed by atoms with van der Waals surface area (Å²) in [6, 6.07) is 9.54. The normalized spacial score (nSPS) is 10.4. The molecule has 0 aliphatic rings. The third-order valence-electron chi connectivity index (χ3n) is 3.51. The second-order valence-corrected chi connectivity index (χ2v) is 4.97. The van der Waals surface area contributed by atoms with E-state index in [9.17, 15) is 9.90 Å². The molecule has 0 atom stereocenters. The van der Waals surface area contributed by atoms with Crippen molar-refractivity contribution >= 4 is 5.97 Å². The van der Waals surface area contributed by atoms with E-state index >= 15 is 0 Å². The molecule has 0 heterocycles. The molecule has 2 rings (SSSR count). The minimum absolute atomic E-state index is 0.346. The summed E-state index contributed by atoms with van der Waals surface area (Å²) in [4.78, 5) is 11.3. The van der Waals surface area contributed by atoms with E-state index in [1.165, 1.54) is 0 Å². The van der Waals surface area contributed by atoms with Gasteiger partial charge < -0.3 is 9.84 Å². The second-order valence-electron chi connectivity index (χ2n) is 4.97. The first-order valence-electron chi connectivity index (χ1n) is 6.43. The molecule has 104 valence electrons. The van der Waals surface area contributed by atoms with Gasteiger partial charge in [0, 0.05) is 0 Å². The Kier molecular flexibility index (Phi) is 3.79. The molecular formula is C17H18O3. The first kappa shape index (κ1) is 14.1. The number of carbonyl (C=O) groups is 1. The van der Waals surface area contributed by atoms with Gasteiger partial charge in [0.25, 0.3) is 0 Å². The van der Waals surface area contributed by atoms with Crippen molar-refractivity contribution in [2.45, 2.75) is 20.8 Å². The fourth-order valence-corrected chi connectivity index (χ4v) is 2.44. The molecule has 3 nitrogen and oxygen atoms in total. The Morgan fingerprint density at radius 1 is 1.00 bits per heavy atom. The van der Waals surface area contributed by atoms with Crippen LogP contribution in [0.3, 0.4) is 0 Å². The zero-order chi connectivity index (χ0) is 14.9. The summed E-state index contributed by atoms with van der Waals surface area (Å²) < 4.78 is 5.25. The van der Waals surface area contributed by atoms with E-state index in [-0.39, 0.29) is 0 Å². The summed E-state index contributed by atoms with van der Waals surface area (Å²) >= 11 is 0. The van der Waals surface area contributed by atoms with Crippen LogP contribution >= 0.6 is 0 Å². The molecule has 0 fully saturated rings. The Morgan fingerprint density at radius 2 is 1.70 bits per heavy atom. The molecule has 0 aromatic heterocycles. The molecule has 3 heteroatoms. The van der Waals surface area contributed by atoms with Crippen molar-refractivity contribution in [1.82, 2.24) is 0 Å². The zero-order valence-electron chi connectivity index (χ0n) is 12.2. The highest BCUT2D eigenvalue weighted by Crippen LogP contribution is 2.30. The van der Waals surface area contributed by atoms with E-state index < -0.39 is 5.97 Å². The topological polar surface area (TPSA) is 46.5 Å². The molecule has 0 amide bonds. The summed E-state index contributed by atoms with van der Waals surface area (Å²) in [7, 11) is 1.64. The predicted molar refractivity (Wildman–Crippen MR) is 79.6 cm³/mol. The number of carboxylic acid groups (broad SMARTS) is 1. The lowest BCUT2D eigenvalue weighted by Gasteiger charge is -2.12. The van der Waals surface area contributed by atoms with Crippen LogP contribution in [0.15, 0.2) is 30.3 Å². The second kappa shape index (κ2) is 5.37. The monoisotopic (exact) mass is 270 g/mol. The minimum Gasteiger partial charge on any atom is -0.496 e. The third kappa shape index (κ3) is 2.52. The summed E-state index contributed by atoms with van der Waals surface area (Å²) in [5, 5.41) is 9.24.